The fraction of sp³-hybridized carbons (Fsp3) is 0.300. The lowest BCUT2D eigenvalue weighted by Crippen LogP contribution is -2.33. The predicted molar refractivity (Wildman–Crippen MR) is 98.0 cm³/mol. The molecule has 1 aromatic heterocycles. The molecule has 0 bridgehead atoms. The topological polar surface area (TPSA) is 38.1 Å². The van der Waals surface area contributed by atoms with E-state index in [1.54, 1.807) is 4.57 Å². The smallest absolute Gasteiger partial charge is 0.267 e. The first-order valence-electron chi connectivity index (χ1n) is 8.67. The highest BCUT2D eigenvalue weighted by molar-refractivity contribution is 5.79. The first-order chi connectivity index (χ1) is 11.8. The Hall–Kier alpha value is -2.62. The van der Waals surface area contributed by atoms with Crippen LogP contribution in [0, 0.1) is 0 Å². The zero-order chi connectivity index (χ0) is 16.4. The molecule has 0 amide bonds. The van der Waals surface area contributed by atoms with E-state index in [9.17, 15) is 4.79 Å². The molecule has 2 aromatic carbocycles. The molecule has 4 heteroatoms. The molecular formula is C20H21N3O. The van der Waals surface area contributed by atoms with Gasteiger partial charge in [0, 0.05) is 13.1 Å². The van der Waals surface area contributed by atoms with E-state index in [0.717, 1.165) is 43.1 Å². The highest BCUT2D eigenvalue weighted by Crippen LogP contribution is 2.22. The van der Waals surface area contributed by atoms with Crippen LogP contribution in [0.3, 0.4) is 0 Å². The summed E-state index contributed by atoms with van der Waals surface area (Å²) in [5, 5.41) is 0.667. The minimum absolute atomic E-state index is 0.00560. The molecule has 4 rings (SSSR count). The Morgan fingerprint density at radius 2 is 1.46 bits per heavy atom. The predicted octanol–water partition coefficient (Wildman–Crippen LogP) is 3.77. The number of rotatable bonds is 2. The SMILES string of the molecule is O=c1c2ccccc2nc(N2CCCCCC2)n1-c1ccccc1. The molecule has 1 aliphatic rings. The number of aromatic nitrogens is 2. The molecule has 3 aromatic rings. The number of benzene rings is 2. The molecule has 0 atom stereocenters. The quantitative estimate of drug-likeness (QED) is 0.722. The van der Waals surface area contributed by atoms with Gasteiger partial charge in [-0.2, -0.15) is 0 Å². The van der Waals surface area contributed by atoms with Crippen molar-refractivity contribution in [1.82, 2.24) is 9.55 Å². The van der Waals surface area contributed by atoms with Gasteiger partial charge < -0.3 is 4.90 Å². The summed E-state index contributed by atoms with van der Waals surface area (Å²) >= 11 is 0. The summed E-state index contributed by atoms with van der Waals surface area (Å²) in [6.45, 7) is 1.91. The Kier molecular flexibility index (Phi) is 4.03. The van der Waals surface area contributed by atoms with Gasteiger partial charge in [0.25, 0.3) is 5.56 Å². The first-order valence-corrected chi connectivity index (χ1v) is 8.67. The molecule has 2 heterocycles. The molecule has 122 valence electrons. The van der Waals surface area contributed by atoms with Crippen molar-refractivity contribution in [3.05, 3.63) is 65.0 Å². The molecule has 1 fully saturated rings. The molecular weight excluding hydrogens is 298 g/mol. The lowest BCUT2D eigenvalue weighted by Gasteiger charge is -2.25. The van der Waals surface area contributed by atoms with E-state index in [4.69, 9.17) is 4.98 Å². The van der Waals surface area contributed by atoms with E-state index in [1.807, 2.05) is 54.6 Å². The Labute approximate surface area is 141 Å². The summed E-state index contributed by atoms with van der Waals surface area (Å²) in [7, 11) is 0. The summed E-state index contributed by atoms with van der Waals surface area (Å²) in [5.74, 6) is 0.770. The van der Waals surface area contributed by atoms with Crippen LogP contribution in [-0.2, 0) is 0 Å². The minimum Gasteiger partial charge on any atom is -0.342 e. The number of anilines is 1. The van der Waals surface area contributed by atoms with Crippen molar-refractivity contribution < 1.29 is 0 Å². The molecule has 24 heavy (non-hydrogen) atoms. The largest absolute Gasteiger partial charge is 0.342 e. The molecule has 0 radical (unpaired) electrons. The lowest BCUT2D eigenvalue weighted by molar-refractivity contribution is 0.726. The van der Waals surface area contributed by atoms with Crippen molar-refractivity contribution in [2.45, 2.75) is 25.7 Å². The average molecular weight is 319 g/mol. The summed E-state index contributed by atoms with van der Waals surface area (Å²) in [4.78, 5) is 20.3. The van der Waals surface area contributed by atoms with E-state index in [-0.39, 0.29) is 5.56 Å². The minimum atomic E-state index is 0.00560. The van der Waals surface area contributed by atoms with E-state index in [2.05, 4.69) is 4.90 Å². The number of para-hydroxylation sites is 2. The molecule has 4 nitrogen and oxygen atoms in total. The van der Waals surface area contributed by atoms with Crippen molar-refractivity contribution in [3.8, 4) is 5.69 Å². The third-order valence-corrected chi connectivity index (χ3v) is 4.66. The zero-order valence-corrected chi connectivity index (χ0v) is 13.7. The van der Waals surface area contributed by atoms with Crippen molar-refractivity contribution in [3.63, 3.8) is 0 Å². The second kappa shape index (κ2) is 6.48. The van der Waals surface area contributed by atoms with Crippen molar-refractivity contribution in [2.75, 3.05) is 18.0 Å². The maximum Gasteiger partial charge on any atom is 0.267 e. The van der Waals surface area contributed by atoms with Crippen LogP contribution in [0.1, 0.15) is 25.7 Å². The van der Waals surface area contributed by atoms with Crippen LogP contribution in [0.25, 0.3) is 16.6 Å². The second-order valence-electron chi connectivity index (χ2n) is 6.31. The highest BCUT2D eigenvalue weighted by atomic mass is 16.1. The van der Waals surface area contributed by atoms with Gasteiger partial charge in [-0.3, -0.25) is 4.79 Å². The second-order valence-corrected chi connectivity index (χ2v) is 6.31. The standard InChI is InChI=1S/C20H21N3O/c24-19-17-12-6-7-13-18(17)21-20(22-14-8-1-2-9-15-22)23(19)16-10-4-3-5-11-16/h3-7,10-13H,1-2,8-9,14-15H2. The monoisotopic (exact) mass is 319 g/mol. The van der Waals surface area contributed by atoms with Crippen molar-refractivity contribution in [1.29, 1.82) is 0 Å². The van der Waals surface area contributed by atoms with E-state index >= 15 is 0 Å². The van der Waals surface area contributed by atoms with Crippen LogP contribution < -0.4 is 10.5 Å². The van der Waals surface area contributed by atoms with Gasteiger partial charge in [-0.15, -0.1) is 0 Å². The van der Waals surface area contributed by atoms with E-state index < -0.39 is 0 Å². The maximum atomic E-state index is 13.2. The van der Waals surface area contributed by atoms with Gasteiger partial charge >= 0.3 is 0 Å². The number of hydrogen-bond acceptors (Lipinski definition) is 3. The molecule has 0 aliphatic carbocycles. The van der Waals surface area contributed by atoms with Gasteiger partial charge in [-0.1, -0.05) is 43.2 Å². The van der Waals surface area contributed by atoms with Gasteiger partial charge in [-0.25, -0.2) is 9.55 Å². The van der Waals surface area contributed by atoms with Gasteiger partial charge in [0.2, 0.25) is 5.95 Å². The van der Waals surface area contributed by atoms with Gasteiger partial charge in [0.1, 0.15) is 0 Å². The summed E-state index contributed by atoms with van der Waals surface area (Å²) in [6.07, 6.45) is 4.80. The summed E-state index contributed by atoms with van der Waals surface area (Å²) in [5.41, 5.74) is 1.65. The fourth-order valence-electron chi connectivity index (χ4n) is 3.41. The zero-order valence-electron chi connectivity index (χ0n) is 13.7. The van der Waals surface area contributed by atoms with Gasteiger partial charge in [-0.05, 0) is 37.1 Å². The molecule has 0 N–H and O–H groups in total. The average Bonchev–Trinajstić information content (AvgIpc) is 2.92. The maximum absolute atomic E-state index is 13.2. The molecule has 1 aliphatic heterocycles. The third-order valence-electron chi connectivity index (χ3n) is 4.66. The van der Waals surface area contributed by atoms with Crippen LogP contribution in [0.5, 0.6) is 0 Å². The van der Waals surface area contributed by atoms with Crippen LogP contribution in [0.15, 0.2) is 59.4 Å². The van der Waals surface area contributed by atoms with Crippen LogP contribution in [0.4, 0.5) is 5.95 Å². The van der Waals surface area contributed by atoms with Crippen LogP contribution >= 0.6 is 0 Å². The number of hydrogen-bond donors (Lipinski definition) is 0. The third kappa shape index (κ3) is 2.68. The molecule has 0 unspecified atom stereocenters. The van der Waals surface area contributed by atoms with Crippen LogP contribution in [-0.4, -0.2) is 22.6 Å². The van der Waals surface area contributed by atoms with Crippen molar-refractivity contribution >= 4 is 16.9 Å². The van der Waals surface area contributed by atoms with Gasteiger partial charge in [0.15, 0.2) is 0 Å². The van der Waals surface area contributed by atoms with E-state index in [0.29, 0.717) is 5.39 Å². The number of nitrogens with zero attached hydrogens (tertiary/aromatic N) is 3. The molecule has 0 spiro atoms. The lowest BCUT2D eigenvalue weighted by atomic mass is 10.2. The van der Waals surface area contributed by atoms with Gasteiger partial charge in [0.05, 0.1) is 16.6 Å². The molecule has 0 saturated carbocycles. The Morgan fingerprint density at radius 1 is 0.792 bits per heavy atom. The fourth-order valence-corrected chi connectivity index (χ4v) is 3.41. The Bertz CT molecular complexity index is 894. The van der Waals surface area contributed by atoms with Crippen molar-refractivity contribution in [2.24, 2.45) is 0 Å². The normalized spacial score (nSPS) is 15.4. The Balaban J connectivity index is 1.97. The summed E-state index contributed by atoms with van der Waals surface area (Å²) < 4.78 is 1.77. The Morgan fingerprint density at radius 3 is 2.21 bits per heavy atom. The van der Waals surface area contributed by atoms with Crippen LogP contribution in [0.2, 0.25) is 0 Å². The highest BCUT2D eigenvalue weighted by Gasteiger charge is 2.19. The summed E-state index contributed by atoms with van der Waals surface area (Å²) in [6, 6.07) is 17.4. The molecule has 1 saturated heterocycles. The number of fused-ring (bicyclic) bond motifs is 1. The first kappa shape index (κ1) is 14.9. The van der Waals surface area contributed by atoms with E-state index in [1.165, 1.54) is 12.8 Å².